The van der Waals surface area contributed by atoms with Crippen LogP contribution < -0.4 is 14.8 Å². The number of rotatable bonds is 6. The number of ether oxygens (including phenoxy) is 2. The van der Waals surface area contributed by atoms with Crippen LogP contribution in [0.25, 0.3) is 0 Å². The number of benzene rings is 2. The van der Waals surface area contributed by atoms with E-state index in [4.69, 9.17) is 9.47 Å². The monoisotopic (exact) mass is 335 g/mol. The van der Waals surface area contributed by atoms with Gasteiger partial charge in [0.15, 0.2) is 0 Å². The average Bonchev–Trinajstić information content (AvgIpc) is 2.57. The molecule has 0 aliphatic carbocycles. The predicted molar refractivity (Wildman–Crippen MR) is 87.6 cm³/mol. The lowest BCUT2D eigenvalue weighted by molar-refractivity contribution is -0.116. The van der Waals surface area contributed by atoms with Gasteiger partial charge < -0.3 is 14.8 Å². The molecular weight excluding hydrogens is 316 g/mol. The standard InChI is InChI=1S/C18H19F2NO3/c1-11(14-6-5-13(23-2)10-17(14)24-3)8-18(22)21-16-9-12(19)4-7-15(16)20/h4-7,9-11H,8H2,1-3H3,(H,21,22). The molecule has 0 heterocycles. The molecule has 4 nitrogen and oxygen atoms in total. The van der Waals surface area contributed by atoms with Gasteiger partial charge in [-0.25, -0.2) is 8.78 Å². The van der Waals surface area contributed by atoms with Crippen molar-refractivity contribution in [3.8, 4) is 11.5 Å². The third kappa shape index (κ3) is 4.22. The Kier molecular flexibility index (Phi) is 5.73. The molecule has 1 unspecified atom stereocenters. The molecule has 0 fully saturated rings. The molecule has 2 aromatic carbocycles. The number of nitrogens with one attached hydrogen (secondary N) is 1. The van der Waals surface area contributed by atoms with E-state index in [1.807, 2.05) is 13.0 Å². The van der Waals surface area contributed by atoms with E-state index >= 15 is 0 Å². The van der Waals surface area contributed by atoms with Crippen molar-refractivity contribution in [1.82, 2.24) is 0 Å². The van der Waals surface area contributed by atoms with E-state index in [1.165, 1.54) is 7.11 Å². The second-order valence-electron chi connectivity index (χ2n) is 5.39. The van der Waals surface area contributed by atoms with E-state index in [1.54, 1.807) is 19.2 Å². The minimum absolute atomic E-state index is 0.0959. The van der Waals surface area contributed by atoms with Gasteiger partial charge in [-0.15, -0.1) is 0 Å². The second-order valence-corrected chi connectivity index (χ2v) is 5.39. The lowest BCUT2D eigenvalue weighted by Crippen LogP contribution is -2.15. The highest BCUT2D eigenvalue weighted by Gasteiger charge is 2.17. The van der Waals surface area contributed by atoms with Gasteiger partial charge in [0, 0.05) is 18.6 Å². The van der Waals surface area contributed by atoms with Crippen LogP contribution in [0.4, 0.5) is 14.5 Å². The minimum Gasteiger partial charge on any atom is -0.497 e. The Morgan fingerprint density at radius 2 is 1.88 bits per heavy atom. The van der Waals surface area contributed by atoms with Crippen molar-refractivity contribution in [1.29, 1.82) is 0 Å². The van der Waals surface area contributed by atoms with Crippen LogP contribution in [-0.2, 0) is 4.79 Å². The number of carbonyl (C=O) groups excluding carboxylic acids is 1. The number of amides is 1. The molecule has 6 heteroatoms. The molecule has 0 saturated carbocycles. The van der Waals surface area contributed by atoms with Crippen molar-refractivity contribution in [2.75, 3.05) is 19.5 Å². The molecular formula is C18H19F2NO3. The number of hydrogen-bond acceptors (Lipinski definition) is 3. The summed E-state index contributed by atoms with van der Waals surface area (Å²) in [5, 5.41) is 2.39. The van der Waals surface area contributed by atoms with Gasteiger partial charge in [0.05, 0.1) is 19.9 Å². The van der Waals surface area contributed by atoms with Crippen molar-refractivity contribution in [3.63, 3.8) is 0 Å². The van der Waals surface area contributed by atoms with E-state index in [9.17, 15) is 13.6 Å². The molecule has 1 N–H and O–H groups in total. The predicted octanol–water partition coefficient (Wildman–Crippen LogP) is 4.11. The molecule has 2 aromatic rings. The molecule has 0 saturated heterocycles. The van der Waals surface area contributed by atoms with Crippen LogP contribution in [0.5, 0.6) is 11.5 Å². The highest BCUT2D eigenvalue weighted by atomic mass is 19.1. The molecule has 0 bridgehead atoms. The van der Waals surface area contributed by atoms with Crippen LogP contribution in [0, 0.1) is 11.6 Å². The largest absolute Gasteiger partial charge is 0.497 e. The normalized spacial score (nSPS) is 11.7. The van der Waals surface area contributed by atoms with Crippen molar-refractivity contribution in [3.05, 3.63) is 53.6 Å². The molecule has 1 atom stereocenters. The third-order valence-corrected chi connectivity index (χ3v) is 3.67. The Hall–Kier alpha value is -2.63. The molecule has 1 amide bonds. The SMILES string of the molecule is COc1ccc(C(C)CC(=O)Nc2cc(F)ccc2F)c(OC)c1. The average molecular weight is 335 g/mol. The second kappa shape index (κ2) is 7.77. The fourth-order valence-corrected chi connectivity index (χ4v) is 2.41. The number of halogens is 2. The van der Waals surface area contributed by atoms with Gasteiger partial charge in [0.2, 0.25) is 5.91 Å². The molecule has 2 rings (SSSR count). The summed E-state index contributed by atoms with van der Waals surface area (Å²) in [6.45, 7) is 1.85. The molecule has 0 aliphatic heterocycles. The highest BCUT2D eigenvalue weighted by Crippen LogP contribution is 2.32. The number of anilines is 1. The summed E-state index contributed by atoms with van der Waals surface area (Å²) in [5.74, 6) is -0.635. The zero-order chi connectivity index (χ0) is 17.7. The Morgan fingerprint density at radius 1 is 1.12 bits per heavy atom. The Bertz CT molecular complexity index is 734. The maximum absolute atomic E-state index is 13.6. The fraction of sp³-hybridized carbons (Fsp3) is 0.278. The summed E-state index contributed by atoms with van der Waals surface area (Å²) in [6.07, 6.45) is 0.0959. The zero-order valence-corrected chi connectivity index (χ0v) is 13.7. The summed E-state index contributed by atoms with van der Waals surface area (Å²) >= 11 is 0. The third-order valence-electron chi connectivity index (χ3n) is 3.67. The maximum atomic E-state index is 13.6. The van der Waals surface area contributed by atoms with E-state index in [2.05, 4.69) is 5.32 Å². The molecule has 0 aromatic heterocycles. The van der Waals surface area contributed by atoms with Gasteiger partial charge in [-0.2, -0.15) is 0 Å². The van der Waals surface area contributed by atoms with Crippen LogP contribution in [0.3, 0.4) is 0 Å². The van der Waals surface area contributed by atoms with Gasteiger partial charge in [0.1, 0.15) is 23.1 Å². The quantitative estimate of drug-likeness (QED) is 0.864. The summed E-state index contributed by atoms with van der Waals surface area (Å²) in [4.78, 5) is 12.1. The van der Waals surface area contributed by atoms with Gasteiger partial charge in [-0.05, 0) is 29.7 Å². The van der Waals surface area contributed by atoms with E-state index in [-0.39, 0.29) is 18.0 Å². The fourth-order valence-electron chi connectivity index (χ4n) is 2.41. The van der Waals surface area contributed by atoms with Crippen LogP contribution in [0.1, 0.15) is 24.8 Å². The number of hydrogen-bond donors (Lipinski definition) is 1. The van der Waals surface area contributed by atoms with Crippen molar-refractivity contribution in [2.24, 2.45) is 0 Å². The summed E-state index contributed by atoms with van der Waals surface area (Å²) < 4.78 is 37.2. The molecule has 0 spiro atoms. The first kappa shape index (κ1) is 17.7. The van der Waals surface area contributed by atoms with E-state index in [0.717, 1.165) is 23.8 Å². The molecule has 0 radical (unpaired) electrons. The first-order valence-corrected chi connectivity index (χ1v) is 7.41. The topological polar surface area (TPSA) is 47.6 Å². The highest BCUT2D eigenvalue weighted by molar-refractivity contribution is 5.91. The Balaban J connectivity index is 2.10. The first-order chi connectivity index (χ1) is 11.4. The van der Waals surface area contributed by atoms with E-state index < -0.39 is 17.5 Å². The zero-order valence-electron chi connectivity index (χ0n) is 13.7. The molecule has 0 aliphatic rings. The summed E-state index contributed by atoms with van der Waals surface area (Å²) in [6, 6.07) is 8.25. The van der Waals surface area contributed by atoms with Gasteiger partial charge >= 0.3 is 0 Å². The Morgan fingerprint density at radius 3 is 2.54 bits per heavy atom. The Labute approximate surface area is 139 Å². The maximum Gasteiger partial charge on any atom is 0.225 e. The van der Waals surface area contributed by atoms with Crippen molar-refractivity contribution in [2.45, 2.75) is 19.3 Å². The van der Waals surface area contributed by atoms with Crippen LogP contribution >= 0.6 is 0 Å². The van der Waals surface area contributed by atoms with Crippen LogP contribution in [0.2, 0.25) is 0 Å². The first-order valence-electron chi connectivity index (χ1n) is 7.41. The van der Waals surface area contributed by atoms with Crippen LogP contribution in [0.15, 0.2) is 36.4 Å². The summed E-state index contributed by atoms with van der Waals surface area (Å²) in [5.41, 5.74) is 0.655. The van der Waals surface area contributed by atoms with Crippen molar-refractivity contribution < 1.29 is 23.0 Å². The van der Waals surface area contributed by atoms with E-state index in [0.29, 0.717) is 11.5 Å². The lowest BCUT2D eigenvalue weighted by atomic mass is 9.96. The van der Waals surface area contributed by atoms with Gasteiger partial charge in [0.25, 0.3) is 0 Å². The molecule has 128 valence electrons. The van der Waals surface area contributed by atoms with Gasteiger partial charge in [-0.1, -0.05) is 13.0 Å². The van der Waals surface area contributed by atoms with Crippen molar-refractivity contribution >= 4 is 11.6 Å². The number of carbonyl (C=O) groups is 1. The molecule has 24 heavy (non-hydrogen) atoms. The number of methoxy groups -OCH3 is 2. The smallest absolute Gasteiger partial charge is 0.225 e. The lowest BCUT2D eigenvalue weighted by Gasteiger charge is -2.16. The summed E-state index contributed by atoms with van der Waals surface area (Å²) in [7, 11) is 3.09. The van der Waals surface area contributed by atoms with Crippen LogP contribution in [-0.4, -0.2) is 20.1 Å². The van der Waals surface area contributed by atoms with Gasteiger partial charge in [-0.3, -0.25) is 4.79 Å². The minimum atomic E-state index is -0.681.